The molecule has 2 atom stereocenters. The van der Waals surface area contributed by atoms with E-state index in [9.17, 15) is 0 Å². The van der Waals surface area contributed by atoms with Crippen LogP contribution in [-0.2, 0) is 4.74 Å². The normalized spacial score (nSPS) is 14.9. The second kappa shape index (κ2) is 14.1. The van der Waals surface area contributed by atoms with Gasteiger partial charge < -0.3 is 4.74 Å². The van der Waals surface area contributed by atoms with Crippen molar-refractivity contribution >= 4 is 0 Å². The van der Waals surface area contributed by atoms with Gasteiger partial charge in [0.1, 0.15) is 0 Å². The zero-order chi connectivity index (χ0) is 19.2. The van der Waals surface area contributed by atoms with Crippen molar-refractivity contribution in [3.05, 3.63) is 46.6 Å². The molecule has 0 aliphatic carbocycles. The largest absolute Gasteiger partial charge is 0.375 e. The quantitative estimate of drug-likeness (QED) is 0.326. The molecule has 0 bridgehead atoms. The Morgan fingerprint density at radius 3 is 1.36 bits per heavy atom. The zero-order valence-electron chi connectivity index (χ0n) is 18.1. The number of rotatable bonds is 12. The van der Waals surface area contributed by atoms with Crippen LogP contribution in [0, 0.1) is 0 Å². The molecule has 0 rings (SSSR count). The number of allylic oxidation sites excluding steroid dienone is 6. The van der Waals surface area contributed by atoms with Crippen molar-refractivity contribution in [1.82, 2.24) is 0 Å². The van der Waals surface area contributed by atoms with Crippen LogP contribution in [0.4, 0.5) is 0 Å². The third-order valence-electron chi connectivity index (χ3n) is 4.42. The Balaban J connectivity index is 4.31. The Bertz CT molecular complexity index is 424. The zero-order valence-corrected chi connectivity index (χ0v) is 18.1. The van der Waals surface area contributed by atoms with Crippen molar-refractivity contribution in [2.24, 2.45) is 0 Å². The Kier molecular flexibility index (Phi) is 13.5. The van der Waals surface area contributed by atoms with Gasteiger partial charge in [-0.25, -0.2) is 0 Å². The van der Waals surface area contributed by atoms with Gasteiger partial charge in [0, 0.05) is 0 Å². The molecular formula is C24H42O. The van der Waals surface area contributed by atoms with E-state index in [1.165, 1.54) is 22.3 Å². The monoisotopic (exact) mass is 346 g/mol. The van der Waals surface area contributed by atoms with E-state index >= 15 is 0 Å². The molecular weight excluding hydrogens is 304 g/mol. The van der Waals surface area contributed by atoms with Gasteiger partial charge in [-0.1, -0.05) is 46.6 Å². The van der Waals surface area contributed by atoms with E-state index < -0.39 is 0 Å². The van der Waals surface area contributed by atoms with Crippen LogP contribution >= 0.6 is 0 Å². The lowest BCUT2D eigenvalue weighted by Crippen LogP contribution is -2.18. The molecule has 0 aliphatic rings. The SMILES string of the molecule is CC=C(CCC=C(C)C)CC(C)OC(C)CC(=CC)CCC=C(C)C. The first kappa shape index (κ1) is 23.9. The lowest BCUT2D eigenvalue weighted by molar-refractivity contribution is 0.00876. The van der Waals surface area contributed by atoms with Crippen molar-refractivity contribution < 1.29 is 4.74 Å². The highest BCUT2D eigenvalue weighted by Gasteiger charge is 2.12. The van der Waals surface area contributed by atoms with Crippen molar-refractivity contribution in [3.63, 3.8) is 0 Å². The number of ether oxygens (including phenoxy) is 1. The van der Waals surface area contributed by atoms with Gasteiger partial charge in [0.05, 0.1) is 12.2 Å². The second-order valence-electron chi connectivity index (χ2n) is 7.70. The summed E-state index contributed by atoms with van der Waals surface area (Å²) in [5.74, 6) is 0. The first-order valence-electron chi connectivity index (χ1n) is 9.98. The van der Waals surface area contributed by atoms with Gasteiger partial charge in [0.25, 0.3) is 0 Å². The van der Waals surface area contributed by atoms with E-state index in [0.29, 0.717) is 0 Å². The summed E-state index contributed by atoms with van der Waals surface area (Å²) in [6, 6.07) is 0. The van der Waals surface area contributed by atoms with Crippen LogP contribution < -0.4 is 0 Å². The van der Waals surface area contributed by atoms with Gasteiger partial charge in [0.2, 0.25) is 0 Å². The average molecular weight is 347 g/mol. The Morgan fingerprint density at radius 1 is 0.720 bits per heavy atom. The predicted molar refractivity (Wildman–Crippen MR) is 114 cm³/mol. The van der Waals surface area contributed by atoms with Gasteiger partial charge in [-0.05, 0) is 93.9 Å². The molecule has 0 aliphatic heterocycles. The summed E-state index contributed by atoms with van der Waals surface area (Å²) in [7, 11) is 0. The third kappa shape index (κ3) is 13.8. The molecule has 0 saturated heterocycles. The van der Waals surface area contributed by atoms with E-state index in [1.807, 2.05) is 0 Å². The first-order chi connectivity index (χ1) is 11.8. The van der Waals surface area contributed by atoms with Crippen molar-refractivity contribution in [2.75, 3.05) is 0 Å². The first-order valence-corrected chi connectivity index (χ1v) is 9.98. The van der Waals surface area contributed by atoms with E-state index in [4.69, 9.17) is 4.74 Å². The summed E-state index contributed by atoms with van der Waals surface area (Å²) in [5.41, 5.74) is 5.82. The molecule has 1 nitrogen and oxygen atoms in total. The summed E-state index contributed by atoms with van der Waals surface area (Å²) < 4.78 is 6.26. The maximum absolute atomic E-state index is 6.26. The van der Waals surface area contributed by atoms with E-state index in [1.54, 1.807) is 0 Å². The molecule has 0 aromatic carbocycles. The summed E-state index contributed by atoms with van der Waals surface area (Å²) in [6.07, 6.45) is 16.4. The molecule has 0 amide bonds. The lowest BCUT2D eigenvalue weighted by atomic mass is 10.0. The Morgan fingerprint density at radius 2 is 1.08 bits per heavy atom. The summed E-state index contributed by atoms with van der Waals surface area (Å²) in [5, 5.41) is 0. The van der Waals surface area contributed by atoms with Crippen molar-refractivity contribution in [1.29, 1.82) is 0 Å². The van der Waals surface area contributed by atoms with Gasteiger partial charge in [-0.2, -0.15) is 0 Å². The van der Waals surface area contributed by atoms with Gasteiger partial charge in [0.15, 0.2) is 0 Å². The molecule has 0 fully saturated rings. The van der Waals surface area contributed by atoms with Gasteiger partial charge >= 0.3 is 0 Å². The molecule has 144 valence electrons. The highest BCUT2D eigenvalue weighted by Crippen LogP contribution is 2.20. The Labute approximate surface area is 157 Å². The highest BCUT2D eigenvalue weighted by atomic mass is 16.5. The van der Waals surface area contributed by atoms with E-state index in [0.717, 1.165) is 38.5 Å². The Hall–Kier alpha value is -1.08. The standard InChI is InChI=1S/C24H42O/c1-9-23(15-11-13-19(3)4)17-21(7)25-22(8)18-24(10-2)16-12-14-20(5)6/h9-10,13-14,21-22H,11-12,15-18H2,1-8H3. The third-order valence-corrected chi connectivity index (χ3v) is 4.42. The van der Waals surface area contributed by atoms with E-state index in [-0.39, 0.29) is 12.2 Å². The number of hydrogen-bond acceptors (Lipinski definition) is 1. The molecule has 0 radical (unpaired) electrons. The average Bonchev–Trinajstić information content (AvgIpc) is 2.51. The fourth-order valence-electron chi connectivity index (χ4n) is 3.05. The highest BCUT2D eigenvalue weighted by molar-refractivity contribution is 5.06. The minimum atomic E-state index is 0.281. The molecule has 0 aromatic rings. The fraction of sp³-hybridized carbons (Fsp3) is 0.667. The minimum Gasteiger partial charge on any atom is -0.375 e. The predicted octanol–water partition coefficient (Wildman–Crippen LogP) is 7.95. The summed E-state index contributed by atoms with van der Waals surface area (Å²) in [4.78, 5) is 0. The molecule has 0 aromatic heterocycles. The maximum Gasteiger partial charge on any atom is 0.0587 e. The van der Waals surface area contributed by atoms with Crippen LogP contribution in [0.25, 0.3) is 0 Å². The van der Waals surface area contributed by atoms with Crippen LogP contribution in [-0.4, -0.2) is 12.2 Å². The van der Waals surface area contributed by atoms with Gasteiger partial charge in [-0.15, -0.1) is 0 Å². The number of hydrogen-bond donors (Lipinski definition) is 0. The molecule has 0 heterocycles. The topological polar surface area (TPSA) is 9.23 Å². The van der Waals surface area contributed by atoms with Crippen molar-refractivity contribution in [2.45, 2.75) is 106 Å². The van der Waals surface area contributed by atoms with Crippen LogP contribution in [0.3, 0.4) is 0 Å². The van der Waals surface area contributed by atoms with Crippen LogP contribution in [0.2, 0.25) is 0 Å². The molecule has 0 spiro atoms. The van der Waals surface area contributed by atoms with Crippen molar-refractivity contribution in [3.8, 4) is 0 Å². The fourth-order valence-corrected chi connectivity index (χ4v) is 3.05. The summed E-state index contributed by atoms with van der Waals surface area (Å²) in [6.45, 7) is 17.4. The van der Waals surface area contributed by atoms with E-state index in [2.05, 4.69) is 79.7 Å². The molecule has 2 unspecified atom stereocenters. The maximum atomic E-state index is 6.26. The smallest absolute Gasteiger partial charge is 0.0587 e. The second-order valence-corrected chi connectivity index (χ2v) is 7.70. The molecule has 0 saturated carbocycles. The van der Waals surface area contributed by atoms with Crippen LogP contribution in [0.5, 0.6) is 0 Å². The van der Waals surface area contributed by atoms with Gasteiger partial charge in [-0.3, -0.25) is 0 Å². The lowest BCUT2D eigenvalue weighted by Gasteiger charge is -2.21. The minimum absolute atomic E-state index is 0.281. The molecule has 25 heavy (non-hydrogen) atoms. The molecule has 1 heteroatoms. The summed E-state index contributed by atoms with van der Waals surface area (Å²) >= 11 is 0. The van der Waals surface area contributed by atoms with Crippen LogP contribution in [0.15, 0.2) is 46.6 Å². The molecule has 0 N–H and O–H groups in total. The van der Waals surface area contributed by atoms with Crippen LogP contribution in [0.1, 0.15) is 93.9 Å².